The van der Waals surface area contributed by atoms with Gasteiger partial charge in [0.15, 0.2) is 0 Å². The van der Waals surface area contributed by atoms with E-state index in [-0.39, 0.29) is 12.4 Å². The zero-order valence-electron chi connectivity index (χ0n) is 6.38. The van der Waals surface area contributed by atoms with Gasteiger partial charge >= 0.3 is 5.97 Å². The van der Waals surface area contributed by atoms with Crippen LogP contribution in [-0.4, -0.2) is 24.2 Å². The van der Waals surface area contributed by atoms with Crippen LogP contribution in [0.2, 0.25) is 0 Å². The minimum Gasteiger partial charge on any atom is -0.481 e. The molecule has 0 radical (unpaired) electrons. The molecule has 11 heavy (non-hydrogen) atoms. The molecule has 0 aromatic heterocycles. The largest absolute Gasteiger partial charge is 0.481 e. The van der Waals surface area contributed by atoms with Gasteiger partial charge in [-0.3, -0.25) is 4.79 Å². The molecule has 3 nitrogen and oxygen atoms in total. The highest BCUT2D eigenvalue weighted by molar-refractivity contribution is 5.85. The number of hydrogen-bond donors (Lipinski definition) is 2. The number of aliphatic carboxylic acids is 1. The molecule has 0 spiro atoms. The number of carbonyl (C=O) groups is 1. The van der Waals surface area contributed by atoms with Crippen LogP contribution < -0.4 is 5.32 Å². The van der Waals surface area contributed by atoms with Gasteiger partial charge in [-0.2, -0.15) is 0 Å². The molecule has 0 aromatic rings. The van der Waals surface area contributed by atoms with Crippen molar-refractivity contribution in [2.24, 2.45) is 5.92 Å². The SMILES string of the molecule is Cl.O=C(O)C[C@H]1CCCNC1. The highest BCUT2D eigenvalue weighted by atomic mass is 35.5. The number of carboxylic acids is 1. The van der Waals surface area contributed by atoms with Gasteiger partial charge in [0.05, 0.1) is 0 Å². The minimum atomic E-state index is -0.672. The van der Waals surface area contributed by atoms with Crippen molar-refractivity contribution < 1.29 is 9.90 Å². The molecule has 66 valence electrons. The summed E-state index contributed by atoms with van der Waals surface area (Å²) < 4.78 is 0. The maximum Gasteiger partial charge on any atom is 0.303 e. The van der Waals surface area contributed by atoms with Crippen molar-refractivity contribution in [3.8, 4) is 0 Å². The highest BCUT2D eigenvalue weighted by Crippen LogP contribution is 2.13. The average molecular weight is 180 g/mol. The van der Waals surface area contributed by atoms with Crippen molar-refractivity contribution in [2.75, 3.05) is 13.1 Å². The third-order valence-corrected chi connectivity index (χ3v) is 1.86. The summed E-state index contributed by atoms with van der Waals surface area (Å²) >= 11 is 0. The molecule has 4 heteroatoms. The summed E-state index contributed by atoms with van der Waals surface area (Å²) in [4.78, 5) is 10.2. The van der Waals surface area contributed by atoms with Gasteiger partial charge in [-0.15, -0.1) is 12.4 Å². The predicted octanol–water partition coefficient (Wildman–Crippen LogP) is 0.882. The van der Waals surface area contributed by atoms with Crippen molar-refractivity contribution in [3.63, 3.8) is 0 Å². The fraction of sp³-hybridized carbons (Fsp3) is 0.857. The van der Waals surface area contributed by atoms with Gasteiger partial charge in [0.2, 0.25) is 0 Å². The lowest BCUT2D eigenvalue weighted by molar-refractivity contribution is -0.138. The summed E-state index contributed by atoms with van der Waals surface area (Å²) in [7, 11) is 0. The van der Waals surface area contributed by atoms with Crippen LogP contribution in [0.5, 0.6) is 0 Å². The molecular weight excluding hydrogens is 166 g/mol. The second-order valence-corrected chi connectivity index (χ2v) is 2.81. The third kappa shape index (κ3) is 4.22. The standard InChI is InChI=1S/C7H13NO2.ClH/c9-7(10)4-6-2-1-3-8-5-6;/h6,8H,1-5H2,(H,9,10);1H/t6-;/m1./s1. The zero-order valence-corrected chi connectivity index (χ0v) is 7.19. The summed E-state index contributed by atoms with van der Waals surface area (Å²) in [6.07, 6.45) is 2.52. The van der Waals surface area contributed by atoms with E-state index in [0.29, 0.717) is 12.3 Å². The molecule has 0 aliphatic carbocycles. The predicted molar refractivity (Wildman–Crippen MR) is 45.1 cm³/mol. The number of nitrogens with one attached hydrogen (secondary N) is 1. The van der Waals surface area contributed by atoms with Crippen LogP contribution in [0.1, 0.15) is 19.3 Å². The Hall–Kier alpha value is -0.280. The molecule has 2 N–H and O–H groups in total. The third-order valence-electron chi connectivity index (χ3n) is 1.86. The normalized spacial score (nSPS) is 23.8. The molecule has 1 atom stereocenters. The molecule has 1 fully saturated rings. The molecule has 1 aliphatic rings. The molecule has 0 amide bonds. The zero-order chi connectivity index (χ0) is 7.40. The van der Waals surface area contributed by atoms with E-state index in [4.69, 9.17) is 5.11 Å². The van der Waals surface area contributed by atoms with Gasteiger partial charge in [-0.05, 0) is 31.8 Å². The van der Waals surface area contributed by atoms with E-state index in [9.17, 15) is 4.79 Å². The maximum atomic E-state index is 10.2. The molecule has 1 saturated heterocycles. The molecule has 0 bridgehead atoms. The first-order valence-corrected chi connectivity index (χ1v) is 3.71. The van der Waals surface area contributed by atoms with E-state index < -0.39 is 5.97 Å². The summed E-state index contributed by atoms with van der Waals surface area (Å²) in [6, 6.07) is 0. The Bertz CT molecular complexity index is 124. The van der Waals surface area contributed by atoms with Gasteiger partial charge in [-0.25, -0.2) is 0 Å². The molecular formula is C7H14ClNO2. The first-order valence-electron chi connectivity index (χ1n) is 3.71. The topological polar surface area (TPSA) is 49.3 Å². The van der Waals surface area contributed by atoms with E-state index in [1.807, 2.05) is 0 Å². The molecule has 1 aliphatic heterocycles. The van der Waals surface area contributed by atoms with Crippen LogP contribution in [0.3, 0.4) is 0 Å². The molecule has 0 saturated carbocycles. The van der Waals surface area contributed by atoms with E-state index >= 15 is 0 Å². The fourth-order valence-electron chi connectivity index (χ4n) is 1.35. The van der Waals surface area contributed by atoms with E-state index in [0.717, 1.165) is 25.9 Å². The lowest BCUT2D eigenvalue weighted by Gasteiger charge is -2.20. The van der Waals surface area contributed by atoms with E-state index in [2.05, 4.69) is 5.32 Å². The number of hydrogen-bond acceptors (Lipinski definition) is 2. The number of halogens is 1. The van der Waals surface area contributed by atoms with Crippen molar-refractivity contribution in [3.05, 3.63) is 0 Å². The van der Waals surface area contributed by atoms with Crippen LogP contribution >= 0.6 is 12.4 Å². The van der Waals surface area contributed by atoms with Crippen molar-refractivity contribution in [2.45, 2.75) is 19.3 Å². The monoisotopic (exact) mass is 179 g/mol. The van der Waals surface area contributed by atoms with Gasteiger partial charge in [-0.1, -0.05) is 0 Å². The average Bonchev–Trinajstić information content (AvgIpc) is 1.88. The van der Waals surface area contributed by atoms with E-state index in [1.54, 1.807) is 0 Å². The molecule has 1 rings (SSSR count). The minimum absolute atomic E-state index is 0. The Labute approximate surface area is 72.6 Å². The smallest absolute Gasteiger partial charge is 0.303 e. The van der Waals surface area contributed by atoms with Crippen molar-refractivity contribution in [1.82, 2.24) is 5.32 Å². The summed E-state index contributed by atoms with van der Waals surface area (Å²) in [5, 5.41) is 11.6. The lowest BCUT2D eigenvalue weighted by Crippen LogP contribution is -2.30. The van der Waals surface area contributed by atoms with Crippen LogP contribution in [0.15, 0.2) is 0 Å². The Morgan fingerprint density at radius 3 is 2.82 bits per heavy atom. The Morgan fingerprint density at radius 1 is 1.64 bits per heavy atom. The lowest BCUT2D eigenvalue weighted by atomic mass is 9.96. The second kappa shape index (κ2) is 5.38. The first kappa shape index (κ1) is 10.7. The Balaban J connectivity index is 0.000001000. The Kier molecular flexibility index (Phi) is 5.24. The van der Waals surface area contributed by atoms with Gasteiger partial charge in [0, 0.05) is 6.42 Å². The van der Waals surface area contributed by atoms with Crippen molar-refractivity contribution in [1.29, 1.82) is 0 Å². The number of rotatable bonds is 2. The summed E-state index contributed by atoms with van der Waals surface area (Å²) in [5.74, 6) is -0.306. The second-order valence-electron chi connectivity index (χ2n) is 2.81. The highest BCUT2D eigenvalue weighted by Gasteiger charge is 2.15. The van der Waals surface area contributed by atoms with Gasteiger partial charge in [0.1, 0.15) is 0 Å². The number of carboxylic acid groups (broad SMARTS) is 1. The molecule has 1 heterocycles. The van der Waals surface area contributed by atoms with Crippen LogP contribution in [0, 0.1) is 5.92 Å². The summed E-state index contributed by atoms with van der Waals surface area (Å²) in [6.45, 7) is 1.93. The van der Waals surface area contributed by atoms with Gasteiger partial charge < -0.3 is 10.4 Å². The maximum absolute atomic E-state index is 10.2. The summed E-state index contributed by atoms with van der Waals surface area (Å²) in [5.41, 5.74) is 0. The molecule has 0 aromatic carbocycles. The van der Waals surface area contributed by atoms with Crippen LogP contribution in [0.4, 0.5) is 0 Å². The molecule has 0 unspecified atom stereocenters. The van der Waals surface area contributed by atoms with Crippen molar-refractivity contribution >= 4 is 18.4 Å². The fourth-order valence-corrected chi connectivity index (χ4v) is 1.35. The quantitative estimate of drug-likeness (QED) is 0.662. The number of piperidine rings is 1. The Morgan fingerprint density at radius 2 is 2.36 bits per heavy atom. The first-order chi connectivity index (χ1) is 4.79. The van der Waals surface area contributed by atoms with Gasteiger partial charge in [0.25, 0.3) is 0 Å². The van der Waals surface area contributed by atoms with Crippen LogP contribution in [-0.2, 0) is 4.79 Å². The van der Waals surface area contributed by atoms with E-state index in [1.165, 1.54) is 0 Å². The van der Waals surface area contributed by atoms with Crippen LogP contribution in [0.25, 0.3) is 0 Å².